The number of rotatable bonds is 6. The Morgan fingerprint density at radius 1 is 0.828 bits per heavy atom. The van der Waals surface area contributed by atoms with Crippen LogP contribution in [0.5, 0.6) is 5.75 Å². The molecule has 29 heavy (non-hydrogen) atoms. The molecule has 0 saturated heterocycles. The quantitative estimate of drug-likeness (QED) is 0.575. The van der Waals surface area contributed by atoms with E-state index in [0.717, 1.165) is 33.7 Å². The Balaban J connectivity index is 1.82. The molecule has 0 bridgehead atoms. The van der Waals surface area contributed by atoms with Gasteiger partial charge in [-0.15, -0.1) is 0 Å². The zero-order valence-electron chi connectivity index (χ0n) is 17.0. The van der Waals surface area contributed by atoms with Gasteiger partial charge in [-0.2, -0.15) is 0 Å². The van der Waals surface area contributed by atoms with Crippen LogP contribution in [0.1, 0.15) is 31.0 Å². The molecule has 1 unspecified atom stereocenters. The number of methoxy groups -OCH3 is 1. The van der Waals surface area contributed by atoms with E-state index >= 15 is 0 Å². The zero-order chi connectivity index (χ0) is 20.4. The highest BCUT2D eigenvalue weighted by molar-refractivity contribution is 6.22. The Bertz CT molecular complexity index is 1040. The lowest BCUT2D eigenvalue weighted by Gasteiger charge is -2.43. The summed E-state index contributed by atoms with van der Waals surface area (Å²) in [5.41, 5.74) is 4.56. The second kappa shape index (κ2) is 7.59. The normalized spacial score (nSPS) is 16.2. The van der Waals surface area contributed by atoms with Crippen molar-refractivity contribution in [2.24, 2.45) is 5.41 Å². The molecule has 146 valence electrons. The van der Waals surface area contributed by atoms with E-state index in [1.165, 1.54) is 0 Å². The summed E-state index contributed by atoms with van der Waals surface area (Å²) in [5, 5.41) is 3.58. The number of hydrogen-bond acceptors (Lipinski definition) is 3. The van der Waals surface area contributed by atoms with Gasteiger partial charge in [0.2, 0.25) is 0 Å². The first kappa shape index (κ1) is 19.0. The summed E-state index contributed by atoms with van der Waals surface area (Å²) in [5.74, 6) is 0.989. The summed E-state index contributed by atoms with van der Waals surface area (Å²) < 4.78 is 5.27. The van der Waals surface area contributed by atoms with Crippen LogP contribution < -0.4 is 10.1 Å². The topological polar surface area (TPSA) is 38.3 Å². The molecule has 1 N–H and O–H groups in total. The number of hydrogen-bond donors (Lipinski definition) is 1. The third kappa shape index (κ3) is 3.44. The minimum atomic E-state index is -0.495. The second-order valence-corrected chi connectivity index (χ2v) is 7.83. The number of carbonyl (C=O) groups is 1. The van der Waals surface area contributed by atoms with Crippen LogP contribution in [0.4, 0.5) is 5.69 Å². The molecule has 4 rings (SSSR count). The maximum absolute atomic E-state index is 13.3. The summed E-state index contributed by atoms with van der Waals surface area (Å²) in [7, 11) is 1.65. The van der Waals surface area contributed by atoms with E-state index in [4.69, 9.17) is 4.74 Å². The Labute approximate surface area is 172 Å². The molecule has 0 aromatic heterocycles. The summed E-state index contributed by atoms with van der Waals surface area (Å²) >= 11 is 0. The molecule has 3 nitrogen and oxygen atoms in total. The monoisotopic (exact) mass is 383 g/mol. The van der Waals surface area contributed by atoms with Crippen molar-refractivity contribution in [1.29, 1.82) is 0 Å². The van der Waals surface area contributed by atoms with E-state index in [9.17, 15) is 4.79 Å². The highest BCUT2D eigenvalue weighted by Gasteiger charge is 2.49. The van der Waals surface area contributed by atoms with Crippen LogP contribution in [0.15, 0.2) is 90.5 Å². The maximum atomic E-state index is 13.3. The fourth-order valence-corrected chi connectivity index (χ4v) is 4.06. The molecule has 3 aromatic carbocycles. The summed E-state index contributed by atoms with van der Waals surface area (Å²) in [6.07, 6.45) is 0. The smallest absolute Gasteiger partial charge is 0.171 e. The lowest BCUT2D eigenvalue weighted by Crippen LogP contribution is -2.42. The number of ketones is 1. The van der Waals surface area contributed by atoms with Crippen molar-refractivity contribution in [2.45, 2.75) is 19.9 Å². The lowest BCUT2D eigenvalue weighted by molar-refractivity contribution is -0.123. The number of allylic oxidation sites excluding steroid dienone is 1. The van der Waals surface area contributed by atoms with Gasteiger partial charge >= 0.3 is 0 Å². The number of anilines is 1. The summed E-state index contributed by atoms with van der Waals surface area (Å²) in [6.45, 7) is 4.02. The van der Waals surface area contributed by atoms with Crippen LogP contribution in [-0.2, 0) is 4.79 Å². The third-order valence-electron chi connectivity index (χ3n) is 5.59. The van der Waals surface area contributed by atoms with Crippen LogP contribution in [0.25, 0.3) is 5.57 Å². The molecule has 0 spiro atoms. The Morgan fingerprint density at radius 2 is 1.41 bits per heavy atom. The minimum absolute atomic E-state index is 0.186. The van der Waals surface area contributed by atoms with Crippen LogP contribution in [0.2, 0.25) is 0 Å². The standard InChI is InChI=1S/C26H25NO2/c1-26(2)23(18-10-6-4-7-11-18)22(25(26)28)24(19-12-8-5-9-13-19)27-20-14-16-21(29-3)17-15-20/h4-17,24,27H,1-3H3. The van der Waals surface area contributed by atoms with Crippen molar-refractivity contribution in [3.63, 3.8) is 0 Å². The Morgan fingerprint density at radius 3 is 2.00 bits per heavy atom. The van der Waals surface area contributed by atoms with Crippen molar-refractivity contribution >= 4 is 17.0 Å². The first-order valence-electron chi connectivity index (χ1n) is 9.83. The molecular formula is C26H25NO2. The number of nitrogens with one attached hydrogen (secondary N) is 1. The maximum Gasteiger partial charge on any atom is 0.171 e. The molecule has 0 aliphatic heterocycles. The Hall–Kier alpha value is -3.33. The molecule has 0 fully saturated rings. The van der Waals surface area contributed by atoms with Crippen molar-refractivity contribution in [1.82, 2.24) is 0 Å². The number of Topliss-reactive ketones (excluding diaryl/α,β-unsaturated/α-hetero) is 1. The fraction of sp³-hybridized carbons (Fsp3) is 0.192. The van der Waals surface area contributed by atoms with Crippen molar-refractivity contribution in [3.05, 3.63) is 102 Å². The average Bonchev–Trinajstić information content (AvgIpc) is 2.77. The van der Waals surface area contributed by atoms with Gasteiger partial charge in [0.1, 0.15) is 5.75 Å². The van der Waals surface area contributed by atoms with Crippen LogP contribution in [0.3, 0.4) is 0 Å². The molecule has 0 radical (unpaired) electrons. The van der Waals surface area contributed by atoms with Gasteiger partial charge in [-0.1, -0.05) is 60.7 Å². The van der Waals surface area contributed by atoms with E-state index in [1.54, 1.807) is 7.11 Å². The van der Waals surface area contributed by atoms with Gasteiger partial charge < -0.3 is 10.1 Å². The number of ether oxygens (including phenoxy) is 1. The first-order valence-corrected chi connectivity index (χ1v) is 9.83. The van der Waals surface area contributed by atoms with E-state index in [0.29, 0.717) is 0 Å². The van der Waals surface area contributed by atoms with Gasteiger partial charge in [-0.3, -0.25) is 4.79 Å². The highest BCUT2D eigenvalue weighted by atomic mass is 16.5. The average molecular weight is 383 g/mol. The SMILES string of the molecule is COc1ccc(NC(C2=C(c3ccccc3)C(C)(C)C2=O)c2ccccc2)cc1. The van der Waals surface area contributed by atoms with Gasteiger partial charge in [0, 0.05) is 11.3 Å². The van der Waals surface area contributed by atoms with Gasteiger partial charge in [-0.25, -0.2) is 0 Å². The van der Waals surface area contributed by atoms with E-state index < -0.39 is 5.41 Å². The van der Waals surface area contributed by atoms with Crippen LogP contribution in [0, 0.1) is 5.41 Å². The van der Waals surface area contributed by atoms with Gasteiger partial charge in [0.05, 0.1) is 18.6 Å². The molecule has 3 aromatic rings. The summed E-state index contributed by atoms with van der Waals surface area (Å²) in [4.78, 5) is 13.3. The van der Waals surface area contributed by atoms with Gasteiger partial charge in [-0.05, 0) is 54.8 Å². The van der Waals surface area contributed by atoms with E-state index in [1.807, 2.05) is 74.5 Å². The molecule has 0 saturated carbocycles. The fourth-order valence-electron chi connectivity index (χ4n) is 4.06. The third-order valence-corrected chi connectivity index (χ3v) is 5.59. The molecule has 0 amide bonds. The first-order chi connectivity index (χ1) is 14.0. The summed E-state index contributed by atoms with van der Waals surface area (Å²) in [6, 6.07) is 27.9. The molecule has 1 atom stereocenters. The molecule has 1 aliphatic carbocycles. The molecule has 3 heteroatoms. The Kier molecular flexibility index (Phi) is 4.98. The number of carbonyl (C=O) groups excluding carboxylic acids is 1. The second-order valence-electron chi connectivity index (χ2n) is 7.83. The molecular weight excluding hydrogens is 358 g/mol. The zero-order valence-corrected chi connectivity index (χ0v) is 17.0. The van der Waals surface area contributed by atoms with Gasteiger partial charge in [0.15, 0.2) is 5.78 Å². The molecule has 0 heterocycles. The van der Waals surface area contributed by atoms with E-state index in [2.05, 4.69) is 29.6 Å². The van der Waals surface area contributed by atoms with Crippen molar-refractivity contribution < 1.29 is 9.53 Å². The number of benzene rings is 3. The predicted molar refractivity (Wildman–Crippen MR) is 118 cm³/mol. The highest BCUT2D eigenvalue weighted by Crippen LogP contribution is 2.53. The van der Waals surface area contributed by atoms with Gasteiger partial charge in [0.25, 0.3) is 0 Å². The van der Waals surface area contributed by atoms with Crippen LogP contribution >= 0.6 is 0 Å². The predicted octanol–water partition coefficient (Wildman–Crippen LogP) is 5.91. The minimum Gasteiger partial charge on any atom is -0.497 e. The largest absolute Gasteiger partial charge is 0.497 e. The molecule has 1 aliphatic rings. The van der Waals surface area contributed by atoms with Crippen molar-refractivity contribution in [2.75, 3.05) is 12.4 Å². The van der Waals surface area contributed by atoms with Crippen molar-refractivity contribution in [3.8, 4) is 5.75 Å². The van der Waals surface area contributed by atoms with E-state index in [-0.39, 0.29) is 11.8 Å². The van der Waals surface area contributed by atoms with Crippen LogP contribution in [-0.4, -0.2) is 12.9 Å². The lowest BCUT2D eigenvalue weighted by atomic mass is 9.60.